The molecule has 4 nitrogen and oxygen atoms in total. The van der Waals surface area contributed by atoms with Crippen LogP contribution in [0.2, 0.25) is 0 Å². The molecule has 0 saturated carbocycles. The zero-order chi connectivity index (χ0) is 12.7. The van der Waals surface area contributed by atoms with Crippen LogP contribution in [0.5, 0.6) is 0 Å². The van der Waals surface area contributed by atoms with Gasteiger partial charge in [-0.15, -0.1) is 0 Å². The second kappa shape index (κ2) is 7.43. The maximum atomic E-state index is 4.56. The van der Waals surface area contributed by atoms with Gasteiger partial charge in [-0.25, -0.2) is 9.67 Å². The van der Waals surface area contributed by atoms with E-state index in [0.717, 1.165) is 37.6 Å². The fourth-order valence-corrected chi connectivity index (χ4v) is 1.85. The molecule has 1 unspecified atom stereocenters. The molecule has 0 aromatic carbocycles. The van der Waals surface area contributed by atoms with E-state index in [2.05, 4.69) is 47.8 Å². The van der Waals surface area contributed by atoms with Crippen molar-refractivity contribution >= 4 is 0 Å². The van der Waals surface area contributed by atoms with E-state index in [9.17, 15) is 0 Å². The van der Waals surface area contributed by atoms with Gasteiger partial charge in [0.1, 0.15) is 5.82 Å². The summed E-state index contributed by atoms with van der Waals surface area (Å²) in [5.41, 5.74) is 0. The zero-order valence-electron chi connectivity index (χ0n) is 11.7. The minimum atomic E-state index is 0.384. The number of aromatic nitrogens is 3. The molecule has 1 heterocycles. The van der Waals surface area contributed by atoms with Crippen molar-refractivity contribution in [1.29, 1.82) is 0 Å². The summed E-state index contributed by atoms with van der Waals surface area (Å²) in [5, 5.41) is 8.04. The number of hydrogen-bond acceptors (Lipinski definition) is 3. The molecule has 1 N–H and O–H groups in total. The van der Waals surface area contributed by atoms with Crippen molar-refractivity contribution in [2.45, 2.75) is 59.4 Å². The molecule has 98 valence electrons. The highest BCUT2D eigenvalue weighted by Gasteiger charge is 2.12. The maximum absolute atomic E-state index is 4.56. The van der Waals surface area contributed by atoms with Gasteiger partial charge in [0.15, 0.2) is 5.82 Å². The third-order valence-corrected chi connectivity index (χ3v) is 2.94. The summed E-state index contributed by atoms with van der Waals surface area (Å²) in [6, 6.07) is 0.384. The molecular weight excluding hydrogens is 212 g/mol. The smallest absolute Gasteiger partial charge is 0.150 e. The van der Waals surface area contributed by atoms with Crippen molar-refractivity contribution in [2.75, 3.05) is 13.1 Å². The van der Waals surface area contributed by atoms with E-state index in [1.807, 2.05) is 0 Å². The Morgan fingerprint density at radius 2 is 2.00 bits per heavy atom. The molecule has 0 bridgehead atoms. The molecule has 1 atom stereocenters. The molecule has 0 amide bonds. The van der Waals surface area contributed by atoms with Gasteiger partial charge >= 0.3 is 0 Å². The molecule has 0 saturated heterocycles. The number of aryl methyl sites for hydroxylation is 2. The molecule has 0 aliphatic heterocycles. The Balaban J connectivity index is 2.54. The summed E-state index contributed by atoms with van der Waals surface area (Å²) in [6.45, 7) is 10.7. The molecule has 4 heteroatoms. The lowest BCUT2D eigenvalue weighted by Crippen LogP contribution is -2.26. The minimum absolute atomic E-state index is 0.384. The quantitative estimate of drug-likeness (QED) is 0.707. The monoisotopic (exact) mass is 238 g/mol. The molecule has 0 aliphatic rings. The van der Waals surface area contributed by atoms with Crippen LogP contribution in [-0.4, -0.2) is 27.9 Å². The van der Waals surface area contributed by atoms with Gasteiger partial charge in [0.25, 0.3) is 0 Å². The van der Waals surface area contributed by atoms with Gasteiger partial charge in [-0.3, -0.25) is 0 Å². The van der Waals surface area contributed by atoms with Gasteiger partial charge in [-0.05, 0) is 19.9 Å². The number of unbranched alkanes of at least 4 members (excludes halogenated alkanes) is 1. The maximum Gasteiger partial charge on any atom is 0.150 e. The number of hydrogen-bond donors (Lipinski definition) is 1. The molecule has 0 spiro atoms. The van der Waals surface area contributed by atoms with E-state index in [1.54, 1.807) is 0 Å². The summed E-state index contributed by atoms with van der Waals surface area (Å²) in [4.78, 5) is 4.54. The van der Waals surface area contributed by atoms with E-state index >= 15 is 0 Å². The van der Waals surface area contributed by atoms with Crippen molar-refractivity contribution in [3.63, 3.8) is 0 Å². The molecular formula is C13H26N4. The molecule has 1 aromatic heterocycles. The fourth-order valence-electron chi connectivity index (χ4n) is 1.85. The Morgan fingerprint density at radius 1 is 1.24 bits per heavy atom. The molecule has 1 rings (SSSR count). The third kappa shape index (κ3) is 4.11. The summed E-state index contributed by atoms with van der Waals surface area (Å²) >= 11 is 0. The SMILES string of the molecule is CCCCNCC(C)n1nc(CC)nc1CC. The largest absolute Gasteiger partial charge is 0.315 e. The Bertz CT molecular complexity index is 319. The number of nitrogens with one attached hydrogen (secondary N) is 1. The van der Waals surface area contributed by atoms with Crippen LogP contribution in [0.15, 0.2) is 0 Å². The van der Waals surface area contributed by atoms with Crippen LogP contribution >= 0.6 is 0 Å². The Morgan fingerprint density at radius 3 is 2.59 bits per heavy atom. The van der Waals surface area contributed by atoms with Gasteiger partial charge in [-0.2, -0.15) is 5.10 Å². The highest BCUT2D eigenvalue weighted by molar-refractivity contribution is 4.94. The van der Waals surface area contributed by atoms with Gasteiger partial charge in [0.05, 0.1) is 6.04 Å². The topological polar surface area (TPSA) is 42.7 Å². The average Bonchev–Trinajstić information content (AvgIpc) is 2.77. The highest BCUT2D eigenvalue weighted by Crippen LogP contribution is 2.09. The Hall–Kier alpha value is -0.900. The first-order valence-electron chi connectivity index (χ1n) is 6.87. The third-order valence-electron chi connectivity index (χ3n) is 2.94. The fraction of sp³-hybridized carbons (Fsp3) is 0.846. The summed E-state index contributed by atoms with van der Waals surface area (Å²) in [5.74, 6) is 2.06. The van der Waals surface area contributed by atoms with Gasteiger partial charge in [-0.1, -0.05) is 27.2 Å². The number of rotatable bonds is 8. The van der Waals surface area contributed by atoms with E-state index < -0.39 is 0 Å². The second-order valence-electron chi connectivity index (χ2n) is 4.50. The van der Waals surface area contributed by atoms with Crippen molar-refractivity contribution < 1.29 is 0 Å². The normalized spacial score (nSPS) is 12.9. The molecule has 0 aliphatic carbocycles. The average molecular weight is 238 g/mol. The van der Waals surface area contributed by atoms with Crippen molar-refractivity contribution in [2.24, 2.45) is 0 Å². The van der Waals surface area contributed by atoms with Crippen LogP contribution in [0.1, 0.15) is 58.2 Å². The zero-order valence-corrected chi connectivity index (χ0v) is 11.7. The standard InChI is InChI=1S/C13H26N4/c1-5-8-9-14-10-11(4)17-13(7-3)15-12(6-2)16-17/h11,14H,5-10H2,1-4H3. The lowest BCUT2D eigenvalue weighted by molar-refractivity contribution is 0.435. The summed E-state index contributed by atoms with van der Waals surface area (Å²) in [6.07, 6.45) is 4.35. The highest BCUT2D eigenvalue weighted by atomic mass is 15.4. The predicted octanol–water partition coefficient (Wildman–Crippen LogP) is 2.35. The van der Waals surface area contributed by atoms with E-state index in [0.29, 0.717) is 6.04 Å². The Labute approximate surface area is 105 Å². The van der Waals surface area contributed by atoms with Crippen LogP contribution in [0.3, 0.4) is 0 Å². The van der Waals surface area contributed by atoms with E-state index in [1.165, 1.54) is 12.8 Å². The second-order valence-corrected chi connectivity index (χ2v) is 4.50. The van der Waals surface area contributed by atoms with Crippen LogP contribution in [0.25, 0.3) is 0 Å². The molecule has 0 radical (unpaired) electrons. The van der Waals surface area contributed by atoms with Crippen molar-refractivity contribution in [3.8, 4) is 0 Å². The van der Waals surface area contributed by atoms with E-state index in [4.69, 9.17) is 0 Å². The minimum Gasteiger partial charge on any atom is -0.315 e. The van der Waals surface area contributed by atoms with Gasteiger partial charge in [0.2, 0.25) is 0 Å². The van der Waals surface area contributed by atoms with Crippen LogP contribution < -0.4 is 5.32 Å². The van der Waals surface area contributed by atoms with Crippen LogP contribution in [0.4, 0.5) is 0 Å². The predicted molar refractivity (Wildman–Crippen MR) is 71.3 cm³/mol. The van der Waals surface area contributed by atoms with Crippen LogP contribution in [-0.2, 0) is 12.8 Å². The summed E-state index contributed by atoms with van der Waals surface area (Å²) in [7, 11) is 0. The first kappa shape index (κ1) is 14.2. The van der Waals surface area contributed by atoms with Gasteiger partial charge in [0, 0.05) is 19.4 Å². The molecule has 0 fully saturated rings. The lowest BCUT2D eigenvalue weighted by atomic mass is 10.3. The van der Waals surface area contributed by atoms with Gasteiger partial charge < -0.3 is 5.32 Å². The first-order chi connectivity index (χ1) is 8.22. The van der Waals surface area contributed by atoms with Crippen molar-refractivity contribution in [3.05, 3.63) is 11.6 Å². The van der Waals surface area contributed by atoms with Crippen LogP contribution in [0, 0.1) is 0 Å². The first-order valence-corrected chi connectivity index (χ1v) is 6.87. The van der Waals surface area contributed by atoms with Crippen molar-refractivity contribution in [1.82, 2.24) is 20.1 Å². The number of nitrogens with zero attached hydrogens (tertiary/aromatic N) is 3. The Kier molecular flexibility index (Phi) is 6.19. The lowest BCUT2D eigenvalue weighted by Gasteiger charge is -2.14. The molecule has 17 heavy (non-hydrogen) atoms. The summed E-state index contributed by atoms with van der Waals surface area (Å²) < 4.78 is 2.08. The molecule has 1 aromatic rings. The van der Waals surface area contributed by atoms with E-state index in [-0.39, 0.29) is 0 Å².